The second-order valence-corrected chi connectivity index (χ2v) is 4.40. The van der Waals surface area contributed by atoms with Crippen molar-refractivity contribution in [2.75, 3.05) is 24.6 Å². The first-order valence-electron chi connectivity index (χ1n) is 5.21. The van der Waals surface area contributed by atoms with E-state index in [9.17, 15) is 8.78 Å². The molecule has 1 aromatic carbocycles. The van der Waals surface area contributed by atoms with E-state index in [-0.39, 0.29) is 13.2 Å². The van der Waals surface area contributed by atoms with Crippen LogP contribution < -0.4 is 10.6 Å². The summed E-state index contributed by atoms with van der Waals surface area (Å²) in [6.45, 7) is -0.00241. The highest BCUT2D eigenvalue weighted by atomic mass is 79.9. The van der Waals surface area contributed by atoms with Crippen LogP contribution in [0.1, 0.15) is 5.56 Å². The van der Waals surface area contributed by atoms with Gasteiger partial charge in [-0.05, 0) is 33.6 Å². The maximum absolute atomic E-state index is 12.4. The van der Waals surface area contributed by atoms with Crippen molar-refractivity contribution in [1.29, 1.82) is 0 Å². The standard InChI is InChI=1S/C11H15BrF2N2O/c12-9-5-8(6-15)1-2-10(9)16(3-4-17)7-11(13)14/h1-2,5,11,17H,3-4,6-7,15H2. The zero-order valence-electron chi connectivity index (χ0n) is 9.24. The Morgan fingerprint density at radius 1 is 1.41 bits per heavy atom. The normalized spacial score (nSPS) is 10.9. The van der Waals surface area contributed by atoms with Crippen molar-refractivity contribution in [1.82, 2.24) is 0 Å². The summed E-state index contributed by atoms with van der Waals surface area (Å²) in [6, 6.07) is 5.31. The van der Waals surface area contributed by atoms with Gasteiger partial charge in [-0.25, -0.2) is 8.78 Å². The maximum Gasteiger partial charge on any atom is 0.255 e. The highest BCUT2D eigenvalue weighted by Gasteiger charge is 2.14. The Labute approximate surface area is 107 Å². The lowest BCUT2D eigenvalue weighted by Gasteiger charge is -2.25. The minimum atomic E-state index is -2.44. The Bertz CT molecular complexity index is 363. The van der Waals surface area contributed by atoms with Crippen LogP contribution in [0.25, 0.3) is 0 Å². The molecular formula is C11H15BrF2N2O. The molecule has 0 amide bonds. The van der Waals surface area contributed by atoms with Gasteiger partial charge in [-0.2, -0.15) is 0 Å². The Kier molecular flexibility index (Phi) is 5.80. The van der Waals surface area contributed by atoms with Crippen molar-refractivity contribution < 1.29 is 13.9 Å². The third-order valence-corrected chi connectivity index (χ3v) is 2.95. The summed E-state index contributed by atoms with van der Waals surface area (Å²) in [6.07, 6.45) is -2.44. The molecule has 3 nitrogen and oxygen atoms in total. The van der Waals surface area contributed by atoms with Crippen LogP contribution in [0.5, 0.6) is 0 Å². The zero-order valence-corrected chi connectivity index (χ0v) is 10.8. The minimum absolute atomic E-state index is 0.169. The van der Waals surface area contributed by atoms with Gasteiger partial charge in [0.15, 0.2) is 0 Å². The highest BCUT2D eigenvalue weighted by molar-refractivity contribution is 9.10. The fourth-order valence-corrected chi connectivity index (χ4v) is 2.21. The summed E-state index contributed by atoms with van der Waals surface area (Å²) in [5, 5.41) is 8.88. The zero-order chi connectivity index (χ0) is 12.8. The number of nitrogens with two attached hydrogens (primary N) is 1. The van der Waals surface area contributed by atoms with Gasteiger partial charge in [-0.1, -0.05) is 6.07 Å². The first-order valence-corrected chi connectivity index (χ1v) is 6.00. The molecule has 0 fully saturated rings. The molecule has 17 heavy (non-hydrogen) atoms. The van der Waals surface area contributed by atoms with E-state index in [0.29, 0.717) is 16.7 Å². The van der Waals surface area contributed by atoms with Crippen LogP contribution in [0.15, 0.2) is 22.7 Å². The van der Waals surface area contributed by atoms with Crippen LogP contribution in [0, 0.1) is 0 Å². The molecule has 1 rings (SSSR count). The molecule has 0 aliphatic rings. The third-order valence-electron chi connectivity index (χ3n) is 2.32. The van der Waals surface area contributed by atoms with E-state index >= 15 is 0 Å². The number of alkyl halides is 2. The number of hydrogen-bond acceptors (Lipinski definition) is 3. The lowest BCUT2D eigenvalue weighted by Crippen LogP contribution is -2.31. The van der Waals surface area contributed by atoms with E-state index < -0.39 is 13.0 Å². The molecule has 0 aliphatic carbocycles. The van der Waals surface area contributed by atoms with Crippen LogP contribution in [-0.4, -0.2) is 31.2 Å². The molecule has 96 valence electrons. The molecule has 0 atom stereocenters. The number of anilines is 1. The van der Waals surface area contributed by atoms with Gasteiger partial charge in [-0.3, -0.25) is 0 Å². The first kappa shape index (κ1) is 14.3. The molecule has 0 aromatic heterocycles. The predicted molar refractivity (Wildman–Crippen MR) is 67.3 cm³/mol. The van der Waals surface area contributed by atoms with Gasteiger partial charge in [0, 0.05) is 17.6 Å². The van der Waals surface area contributed by atoms with Gasteiger partial charge in [0.1, 0.15) is 0 Å². The Balaban J connectivity index is 2.93. The molecule has 3 N–H and O–H groups in total. The van der Waals surface area contributed by atoms with E-state index in [1.807, 2.05) is 0 Å². The summed E-state index contributed by atoms with van der Waals surface area (Å²) >= 11 is 3.32. The summed E-state index contributed by atoms with van der Waals surface area (Å²) < 4.78 is 25.5. The van der Waals surface area contributed by atoms with E-state index in [2.05, 4.69) is 15.9 Å². The number of halogens is 3. The molecule has 0 heterocycles. The summed E-state index contributed by atoms with van der Waals surface area (Å²) in [4.78, 5) is 1.44. The molecule has 6 heteroatoms. The van der Waals surface area contributed by atoms with Gasteiger partial charge in [-0.15, -0.1) is 0 Å². The average molecular weight is 309 g/mol. The lowest BCUT2D eigenvalue weighted by atomic mass is 10.2. The Morgan fingerprint density at radius 3 is 2.59 bits per heavy atom. The number of nitrogens with zero attached hydrogens (tertiary/aromatic N) is 1. The summed E-state index contributed by atoms with van der Waals surface area (Å²) in [5.74, 6) is 0. The maximum atomic E-state index is 12.4. The van der Waals surface area contributed by atoms with Crippen molar-refractivity contribution in [3.8, 4) is 0 Å². The van der Waals surface area contributed by atoms with Crippen molar-refractivity contribution in [3.05, 3.63) is 28.2 Å². The number of aliphatic hydroxyl groups excluding tert-OH is 1. The SMILES string of the molecule is NCc1ccc(N(CCO)CC(F)F)c(Br)c1. The first-order chi connectivity index (χ1) is 8.08. The summed E-state index contributed by atoms with van der Waals surface area (Å²) in [7, 11) is 0. The van der Waals surface area contributed by atoms with Crippen molar-refractivity contribution >= 4 is 21.6 Å². The van der Waals surface area contributed by atoms with Crippen LogP contribution in [-0.2, 0) is 6.54 Å². The molecule has 0 unspecified atom stereocenters. The fraction of sp³-hybridized carbons (Fsp3) is 0.455. The third kappa shape index (κ3) is 4.22. The van der Waals surface area contributed by atoms with Gasteiger partial charge in [0.2, 0.25) is 0 Å². The number of rotatable bonds is 6. The molecule has 1 aromatic rings. The smallest absolute Gasteiger partial charge is 0.255 e. The van der Waals surface area contributed by atoms with Crippen molar-refractivity contribution in [2.45, 2.75) is 13.0 Å². The van der Waals surface area contributed by atoms with Crippen molar-refractivity contribution in [3.63, 3.8) is 0 Å². The van der Waals surface area contributed by atoms with Gasteiger partial charge >= 0.3 is 0 Å². The van der Waals surface area contributed by atoms with Crippen molar-refractivity contribution in [2.24, 2.45) is 5.73 Å². The van der Waals surface area contributed by atoms with Crippen LogP contribution in [0.3, 0.4) is 0 Å². The van der Waals surface area contributed by atoms with Gasteiger partial charge < -0.3 is 15.7 Å². The average Bonchev–Trinajstić information content (AvgIpc) is 2.27. The molecule has 0 bridgehead atoms. The van der Waals surface area contributed by atoms with E-state index in [1.165, 1.54) is 4.90 Å². The molecule has 0 radical (unpaired) electrons. The number of benzene rings is 1. The molecule has 0 spiro atoms. The number of aliphatic hydroxyl groups is 1. The van der Waals surface area contributed by atoms with E-state index in [4.69, 9.17) is 10.8 Å². The van der Waals surface area contributed by atoms with E-state index in [0.717, 1.165) is 5.56 Å². The molecule has 0 saturated heterocycles. The van der Waals surface area contributed by atoms with Crippen LogP contribution >= 0.6 is 15.9 Å². The topological polar surface area (TPSA) is 49.5 Å². The molecular weight excluding hydrogens is 294 g/mol. The predicted octanol–water partition coefficient (Wildman–Crippen LogP) is 1.97. The highest BCUT2D eigenvalue weighted by Crippen LogP contribution is 2.27. The van der Waals surface area contributed by atoms with Gasteiger partial charge in [0.25, 0.3) is 6.43 Å². The lowest BCUT2D eigenvalue weighted by molar-refractivity contribution is 0.152. The van der Waals surface area contributed by atoms with Gasteiger partial charge in [0.05, 0.1) is 18.8 Å². The minimum Gasteiger partial charge on any atom is -0.395 e. The van der Waals surface area contributed by atoms with Crippen LogP contribution in [0.2, 0.25) is 0 Å². The van der Waals surface area contributed by atoms with E-state index in [1.54, 1.807) is 18.2 Å². The Hall–Kier alpha value is -0.720. The monoisotopic (exact) mass is 308 g/mol. The molecule has 0 aliphatic heterocycles. The largest absolute Gasteiger partial charge is 0.395 e. The second kappa shape index (κ2) is 6.88. The second-order valence-electron chi connectivity index (χ2n) is 3.55. The van der Waals surface area contributed by atoms with Crippen LogP contribution in [0.4, 0.5) is 14.5 Å². The fourth-order valence-electron chi connectivity index (χ4n) is 1.53. The number of hydrogen-bond donors (Lipinski definition) is 2. The summed E-state index contributed by atoms with van der Waals surface area (Å²) in [5.41, 5.74) is 7.04. The Morgan fingerprint density at radius 2 is 2.12 bits per heavy atom. The molecule has 0 saturated carbocycles. The quantitative estimate of drug-likeness (QED) is 0.845.